The number of aryl methyl sites for hydroxylation is 1. The van der Waals surface area contributed by atoms with Crippen molar-refractivity contribution in [2.24, 2.45) is 7.05 Å². The number of pyridine rings is 1. The van der Waals surface area contributed by atoms with E-state index in [1.54, 1.807) is 27.3 Å². The number of piperazine rings is 1. The summed E-state index contributed by atoms with van der Waals surface area (Å²) in [7, 11) is 3.10. The Morgan fingerprint density at radius 2 is 1.90 bits per heavy atom. The van der Waals surface area contributed by atoms with Gasteiger partial charge in [0.15, 0.2) is 5.65 Å². The normalized spacial score (nSPS) is 14.4. The first kappa shape index (κ1) is 20.0. The van der Waals surface area contributed by atoms with Crippen LogP contribution >= 0.6 is 0 Å². The maximum atomic E-state index is 13.0. The molecule has 9 nitrogen and oxygen atoms in total. The minimum absolute atomic E-state index is 0.0461. The van der Waals surface area contributed by atoms with Crippen molar-refractivity contribution >= 4 is 22.9 Å². The van der Waals surface area contributed by atoms with Crippen LogP contribution in [0.5, 0.6) is 0 Å². The van der Waals surface area contributed by atoms with Crippen LogP contribution in [0.1, 0.15) is 11.1 Å². The molecule has 0 radical (unpaired) electrons. The van der Waals surface area contributed by atoms with Crippen molar-refractivity contribution in [1.82, 2.24) is 19.0 Å². The molecule has 1 N–H and O–H groups in total. The minimum Gasteiger partial charge on any atom is -0.453 e. The molecule has 1 saturated heterocycles. The highest BCUT2D eigenvalue weighted by Crippen LogP contribution is 2.26. The lowest BCUT2D eigenvalue weighted by Gasteiger charge is -2.35. The SMILES string of the molecule is COC(=O)N1CCN(c2ccnc3c2n(Cc2cccc(CO)c2)c(=O)n3C)CC1. The summed E-state index contributed by atoms with van der Waals surface area (Å²) in [6.07, 6.45) is 1.38. The number of fused-ring (bicyclic) bond motifs is 1. The van der Waals surface area contributed by atoms with Gasteiger partial charge in [-0.15, -0.1) is 0 Å². The van der Waals surface area contributed by atoms with Gasteiger partial charge >= 0.3 is 11.8 Å². The molecule has 0 aliphatic carbocycles. The fourth-order valence-corrected chi connectivity index (χ4v) is 3.97. The highest BCUT2D eigenvalue weighted by atomic mass is 16.5. The Balaban J connectivity index is 1.72. The third-order valence-corrected chi connectivity index (χ3v) is 5.56. The van der Waals surface area contributed by atoms with E-state index >= 15 is 0 Å². The summed E-state index contributed by atoms with van der Waals surface area (Å²) >= 11 is 0. The number of hydrogen-bond acceptors (Lipinski definition) is 6. The summed E-state index contributed by atoms with van der Waals surface area (Å²) in [5.41, 5.74) is 3.89. The second kappa shape index (κ2) is 8.19. The van der Waals surface area contributed by atoms with Crippen molar-refractivity contribution in [2.45, 2.75) is 13.2 Å². The Morgan fingerprint density at radius 3 is 2.60 bits per heavy atom. The molecular formula is C21H25N5O4. The zero-order valence-corrected chi connectivity index (χ0v) is 17.1. The van der Waals surface area contributed by atoms with E-state index in [1.807, 2.05) is 30.3 Å². The Morgan fingerprint density at radius 1 is 1.17 bits per heavy atom. The lowest BCUT2D eigenvalue weighted by molar-refractivity contribution is 0.121. The molecule has 3 aromatic rings. The fourth-order valence-electron chi connectivity index (χ4n) is 3.97. The molecule has 0 spiro atoms. The smallest absolute Gasteiger partial charge is 0.409 e. The number of aliphatic hydroxyl groups is 1. The molecule has 1 fully saturated rings. The predicted molar refractivity (Wildman–Crippen MR) is 113 cm³/mol. The molecule has 0 atom stereocenters. The van der Waals surface area contributed by atoms with Gasteiger partial charge in [0.25, 0.3) is 0 Å². The zero-order valence-electron chi connectivity index (χ0n) is 17.1. The Labute approximate surface area is 173 Å². The van der Waals surface area contributed by atoms with Crippen LogP contribution in [0.4, 0.5) is 10.5 Å². The second-order valence-corrected chi connectivity index (χ2v) is 7.35. The number of ether oxygens (including phenoxy) is 1. The molecule has 1 aliphatic heterocycles. The summed E-state index contributed by atoms with van der Waals surface area (Å²) in [4.78, 5) is 33.1. The van der Waals surface area contributed by atoms with Crippen LogP contribution in [-0.4, -0.2) is 63.5 Å². The number of aliphatic hydroxyl groups excluding tert-OH is 1. The van der Waals surface area contributed by atoms with Crippen LogP contribution in [0.15, 0.2) is 41.3 Å². The van der Waals surface area contributed by atoms with Crippen molar-refractivity contribution < 1.29 is 14.6 Å². The monoisotopic (exact) mass is 411 g/mol. The van der Waals surface area contributed by atoms with E-state index in [9.17, 15) is 14.7 Å². The van der Waals surface area contributed by atoms with Crippen LogP contribution < -0.4 is 10.6 Å². The molecular weight excluding hydrogens is 386 g/mol. The van der Waals surface area contributed by atoms with E-state index < -0.39 is 0 Å². The summed E-state index contributed by atoms with van der Waals surface area (Å²) < 4.78 is 8.09. The second-order valence-electron chi connectivity index (χ2n) is 7.35. The number of aromatic nitrogens is 3. The zero-order chi connectivity index (χ0) is 21.3. The van der Waals surface area contributed by atoms with E-state index in [2.05, 4.69) is 9.88 Å². The van der Waals surface area contributed by atoms with Gasteiger partial charge in [0, 0.05) is 39.4 Å². The minimum atomic E-state index is -0.324. The first-order chi connectivity index (χ1) is 14.5. The van der Waals surface area contributed by atoms with E-state index in [-0.39, 0.29) is 18.4 Å². The fraction of sp³-hybridized carbons (Fsp3) is 0.381. The summed E-state index contributed by atoms with van der Waals surface area (Å²) in [5.74, 6) is 0. The lowest BCUT2D eigenvalue weighted by atomic mass is 10.1. The maximum Gasteiger partial charge on any atom is 0.409 e. The van der Waals surface area contributed by atoms with Crippen LogP contribution in [0.3, 0.4) is 0 Å². The van der Waals surface area contributed by atoms with Gasteiger partial charge in [0.2, 0.25) is 0 Å². The van der Waals surface area contributed by atoms with Crippen molar-refractivity contribution in [2.75, 3.05) is 38.2 Å². The van der Waals surface area contributed by atoms with Crippen molar-refractivity contribution in [3.63, 3.8) is 0 Å². The number of carbonyl (C=O) groups excluding carboxylic acids is 1. The average molecular weight is 411 g/mol. The summed E-state index contributed by atoms with van der Waals surface area (Å²) in [6.45, 7) is 2.70. The molecule has 0 bridgehead atoms. The van der Waals surface area contributed by atoms with Crippen LogP contribution in [0.25, 0.3) is 11.2 Å². The quantitative estimate of drug-likeness (QED) is 0.693. The van der Waals surface area contributed by atoms with Gasteiger partial charge < -0.3 is 19.6 Å². The Hall–Kier alpha value is -3.33. The number of rotatable bonds is 4. The Bertz CT molecular complexity index is 1130. The topological polar surface area (TPSA) is 92.8 Å². The van der Waals surface area contributed by atoms with Crippen molar-refractivity contribution in [3.8, 4) is 0 Å². The van der Waals surface area contributed by atoms with E-state index in [0.29, 0.717) is 38.4 Å². The number of benzene rings is 1. The van der Waals surface area contributed by atoms with E-state index in [1.165, 1.54) is 7.11 Å². The molecule has 30 heavy (non-hydrogen) atoms. The third-order valence-electron chi connectivity index (χ3n) is 5.56. The molecule has 1 amide bonds. The van der Waals surface area contributed by atoms with Gasteiger partial charge in [-0.2, -0.15) is 0 Å². The number of anilines is 1. The summed E-state index contributed by atoms with van der Waals surface area (Å²) in [5, 5.41) is 9.43. The first-order valence-corrected chi connectivity index (χ1v) is 9.84. The van der Waals surface area contributed by atoms with E-state index in [4.69, 9.17) is 4.74 Å². The highest BCUT2D eigenvalue weighted by molar-refractivity contribution is 5.87. The standard InChI is InChI=1S/C21H25N5O4/c1-23-19-18(26(20(23)28)13-15-4-3-5-16(12-15)14-27)17(6-7-22-19)24-8-10-25(11-9-24)21(29)30-2/h3-7,12,27H,8-11,13-14H2,1-2H3. The molecule has 1 aliphatic rings. The predicted octanol–water partition coefficient (Wildman–Crippen LogP) is 1.16. The van der Waals surface area contributed by atoms with Gasteiger partial charge in [-0.3, -0.25) is 9.13 Å². The van der Waals surface area contributed by atoms with Crippen LogP contribution in [0, 0.1) is 0 Å². The number of methoxy groups -OCH3 is 1. The lowest BCUT2D eigenvalue weighted by Crippen LogP contribution is -2.48. The summed E-state index contributed by atoms with van der Waals surface area (Å²) in [6, 6.07) is 9.48. The van der Waals surface area contributed by atoms with Gasteiger partial charge in [-0.05, 0) is 17.2 Å². The molecule has 0 saturated carbocycles. The first-order valence-electron chi connectivity index (χ1n) is 9.84. The van der Waals surface area contributed by atoms with Gasteiger partial charge in [0.1, 0.15) is 5.52 Å². The largest absolute Gasteiger partial charge is 0.453 e. The maximum absolute atomic E-state index is 13.0. The van der Waals surface area contributed by atoms with Gasteiger partial charge in [-0.1, -0.05) is 24.3 Å². The molecule has 158 valence electrons. The average Bonchev–Trinajstić information content (AvgIpc) is 3.03. The van der Waals surface area contributed by atoms with Crippen LogP contribution in [0.2, 0.25) is 0 Å². The number of hydrogen-bond donors (Lipinski definition) is 1. The van der Waals surface area contributed by atoms with Crippen molar-refractivity contribution in [3.05, 3.63) is 58.1 Å². The molecule has 1 aromatic carbocycles. The van der Waals surface area contributed by atoms with Crippen LogP contribution in [-0.2, 0) is 24.9 Å². The Kier molecular flexibility index (Phi) is 5.45. The van der Waals surface area contributed by atoms with Gasteiger partial charge in [-0.25, -0.2) is 14.6 Å². The van der Waals surface area contributed by atoms with Crippen molar-refractivity contribution in [1.29, 1.82) is 0 Å². The molecule has 9 heteroatoms. The molecule has 3 heterocycles. The highest BCUT2D eigenvalue weighted by Gasteiger charge is 2.25. The number of imidazole rings is 1. The third kappa shape index (κ3) is 3.52. The number of nitrogens with zero attached hydrogens (tertiary/aromatic N) is 5. The molecule has 0 unspecified atom stereocenters. The number of amides is 1. The molecule has 2 aromatic heterocycles. The van der Waals surface area contributed by atoms with Gasteiger partial charge in [0.05, 0.1) is 25.9 Å². The molecule has 4 rings (SSSR count). The number of carbonyl (C=O) groups is 1. The van der Waals surface area contributed by atoms with E-state index in [0.717, 1.165) is 22.3 Å².